The van der Waals surface area contributed by atoms with Crippen LogP contribution >= 0.6 is 0 Å². The van der Waals surface area contributed by atoms with Crippen molar-refractivity contribution in [1.29, 1.82) is 0 Å². The highest BCUT2D eigenvalue weighted by molar-refractivity contribution is 5.96. The van der Waals surface area contributed by atoms with Crippen molar-refractivity contribution in [2.45, 2.75) is 65.6 Å². The van der Waals surface area contributed by atoms with Gasteiger partial charge in [-0.05, 0) is 61.9 Å². The second-order valence-corrected chi connectivity index (χ2v) is 9.44. The molecule has 1 atom stereocenters. The van der Waals surface area contributed by atoms with E-state index in [1.54, 1.807) is 12.1 Å². The van der Waals surface area contributed by atoms with Gasteiger partial charge in [0.25, 0.3) is 0 Å². The molecule has 5 nitrogen and oxygen atoms in total. The van der Waals surface area contributed by atoms with Crippen LogP contribution < -0.4 is 9.47 Å². The molecule has 174 valence electrons. The summed E-state index contributed by atoms with van der Waals surface area (Å²) in [6, 6.07) is 7.45. The van der Waals surface area contributed by atoms with Gasteiger partial charge in [-0.1, -0.05) is 38.5 Å². The highest BCUT2D eigenvalue weighted by Gasteiger charge is 2.29. The molecule has 1 N–H and O–H groups in total. The van der Waals surface area contributed by atoms with E-state index in [1.807, 2.05) is 32.9 Å². The van der Waals surface area contributed by atoms with Gasteiger partial charge in [-0.25, -0.2) is 4.79 Å². The summed E-state index contributed by atoms with van der Waals surface area (Å²) in [6.45, 7) is 6.15. The fourth-order valence-corrected chi connectivity index (χ4v) is 4.66. The summed E-state index contributed by atoms with van der Waals surface area (Å²) in [5, 5.41) is 10.7. The third-order valence-corrected chi connectivity index (χ3v) is 6.26. The average Bonchev–Trinajstić information content (AvgIpc) is 3.29. The number of hydrogen-bond donors (Lipinski definition) is 1. The van der Waals surface area contributed by atoms with Gasteiger partial charge in [0.05, 0.1) is 18.8 Å². The van der Waals surface area contributed by atoms with Crippen LogP contribution in [0.2, 0.25) is 0 Å². The first-order valence-corrected chi connectivity index (χ1v) is 11.8. The van der Waals surface area contributed by atoms with Crippen molar-refractivity contribution < 1.29 is 24.1 Å². The number of esters is 1. The number of carbonyl (C=O) groups is 1. The Labute approximate surface area is 196 Å². The van der Waals surface area contributed by atoms with E-state index in [4.69, 9.17) is 14.2 Å². The maximum absolute atomic E-state index is 13.0. The molecule has 0 spiro atoms. The lowest BCUT2D eigenvalue weighted by molar-refractivity contribution is 0.0454. The molecule has 0 saturated heterocycles. The molecule has 1 heterocycles. The topological polar surface area (TPSA) is 65.0 Å². The maximum atomic E-state index is 13.0. The van der Waals surface area contributed by atoms with E-state index >= 15 is 0 Å². The van der Waals surface area contributed by atoms with Crippen molar-refractivity contribution in [2.75, 3.05) is 7.11 Å². The number of hydrogen-bond acceptors (Lipinski definition) is 5. The number of aryl methyl sites for hydroxylation is 1. The second kappa shape index (κ2) is 9.89. The van der Waals surface area contributed by atoms with Crippen molar-refractivity contribution >= 4 is 5.97 Å². The Morgan fingerprint density at radius 1 is 1.21 bits per heavy atom. The van der Waals surface area contributed by atoms with Crippen LogP contribution in [0.15, 0.2) is 24.3 Å². The van der Waals surface area contributed by atoms with Gasteiger partial charge in [0, 0.05) is 17.0 Å². The molecule has 1 aliphatic heterocycles. The van der Waals surface area contributed by atoms with Crippen LogP contribution in [0.25, 0.3) is 0 Å². The summed E-state index contributed by atoms with van der Waals surface area (Å²) < 4.78 is 17.6. The lowest BCUT2D eigenvalue weighted by Gasteiger charge is -2.24. The van der Waals surface area contributed by atoms with Gasteiger partial charge < -0.3 is 19.3 Å². The van der Waals surface area contributed by atoms with E-state index in [0.717, 1.165) is 29.5 Å². The minimum absolute atomic E-state index is 0.0787. The third-order valence-electron chi connectivity index (χ3n) is 6.26. The molecule has 4 rings (SSSR count). The van der Waals surface area contributed by atoms with Crippen LogP contribution in [0, 0.1) is 30.6 Å². The molecule has 2 aromatic carbocycles. The van der Waals surface area contributed by atoms with Gasteiger partial charge in [-0.2, -0.15) is 0 Å². The van der Waals surface area contributed by atoms with E-state index in [-0.39, 0.29) is 18.1 Å². The number of fused-ring (bicyclic) bond motifs is 2. The molecular weight excluding hydrogens is 416 g/mol. The zero-order chi connectivity index (χ0) is 23.5. The van der Waals surface area contributed by atoms with Crippen LogP contribution in [-0.4, -0.2) is 18.2 Å². The van der Waals surface area contributed by atoms with E-state index in [1.165, 1.54) is 20.0 Å². The molecule has 2 aromatic rings. The van der Waals surface area contributed by atoms with Gasteiger partial charge >= 0.3 is 5.97 Å². The third kappa shape index (κ3) is 5.02. The lowest BCUT2D eigenvalue weighted by Crippen LogP contribution is -2.15. The predicted octanol–water partition coefficient (Wildman–Crippen LogP) is 6.09. The number of aliphatic hydroxyl groups excluding tert-OH is 1. The van der Waals surface area contributed by atoms with Gasteiger partial charge in [0.15, 0.2) is 0 Å². The number of methoxy groups -OCH3 is 1. The summed E-state index contributed by atoms with van der Waals surface area (Å²) in [6.07, 6.45) is 4.54. The molecular formula is C28H32O5. The maximum Gasteiger partial charge on any atom is 0.346 e. The molecule has 0 aromatic heterocycles. The average molecular weight is 449 g/mol. The smallest absolute Gasteiger partial charge is 0.346 e. The van der Waals surface area contributed by atoms with Crippen LogP contribution in [0.3, 0.4) is 0 Å². The summed E-state index contributed by atoms with van der Waals surface area (Å²) in [5.41, 5.74) is 3.36. The monoisotopic (exact) mass is 448 g/mol. The van der Waals surface area contributed by atoms with Gasteiger partial charge in [0.2, 0.25) is 0 Å². The minimum atomic E-state index is -0.758. The first kappa shape index (κ1) is 23.2. The Kier molecular flexibility index (Phi) is 6.95. The summed E-state index contributed by atoms with van der Waals surface area (Å²) in [7, 11) is 1.49. The molecule has 1 unspecified atom stereocenters. The van der Waals surface area contributed by atoms with Crippen LogP contribution in [0.1, 0.15) is 84.7 Å². The second-order valence-electron chi connectivity index (χ2n) is 9.44. The highest BCUT2D eigenvalue weighted by Crippen LogP contribution is 2.42. The Morgan fingerprint density at radius 2 is 1.97 bits per heavy atom. The quantitative estimate of drug-likeness (QED) is 0.453. The van der Waals surface area contributed by atoms with Gasteiger partial charge in [-0.3, -0.25) is 0 Å². The fraction of sp³-hybridized carbons (Fsp3) is 0.464. The first-order valence-electron chi connectivity index (χ1n) is 11.8. The fourth-order valence-electron chi connectivity index (χ4n) is 4.66. The Morgan fingerprint density at radius 3 is 2.67 bits per heavy atom. The molecule has 1 aliphatic carbocycles. The molecule has 1 saturated carbocycles. The van der Waals surface area contributed by atoms with Crippen molar-refractivity contribution in [2.24, 2.45) is 11.8 Å². The number of aliphatic hydroxyl groups is 1. The molecule has 5 heteroatoms. The standard InChI is InChI=1S/C28H32O5/c1-17(2)13-23(29)22-11-12-24-25(27(22)31-4)28(30)32-16-21-15-18(3)14-20(26(21)33-24)10-9-19-7-5-6-8-19/h11-12,14-15,17,19,23,29H,5-8,13,16H2,1-4H3. The normalized spacial score (nSPS) is 16.5. The van der Waals surface area contributed by atoms with Crippen LogP contribution in [0.4, 0.5) is 0 Å². The molecule has 1 fully saturated rings. The molecule has 2 aliphatic rings. The lowest BCUT2D eigenvalue weighted by atomic mass is 9.96. The molecule has 0 amide bonds. The summed E-state index contributed by atoms with van der Waals surface area (Å²) >= 11 is 0. The summed E-state index contributed by atoms with van der Waals surface area (Å²) in [4.78, 5) is 13.0. The highest BCUT2D eigenvalue weighted by atomic mass is 16.5. The number of ether oxygens (including phenoxy) is 3. The molecule has 0 radical (unpaired) electrons. The van der Waals surface area contributed by atoms with E-state index in [9.17, 15) is 9.90 Å². The Bertz CT molecular complexity index is 1100. The first-order chi connectivity index (χ1) is 15.9. The van der Waals surface area contributed by atoms with E-state index < -0.39 is 12.1 Å². The van der Waals surface area contributed by atoms with Crippen molar-refractivity contribution in [3.8, 4) is 29.1 Å². The van der Waals surface area contributed by atoms with Crippen molar-refractivity contribution in [3.05, 3.63) is 52.1 Å². The summed E-state index contributed by atoms with van der Waals surface area (Å²) in [5.74, 6) is 8.16. The SMILES string of the molecule is COc1c(C(O)CC(C)C)ccc2c1C(=O)OCc1cc(C)cc(C#CC3CCCC3)c1O2. The van der Waals surface area contributed by atoms with Crippen LogP contribution in [0.5, 0.6) is 17.2 Å². The van der Waals surface area contributed by atoms with Gasteiger partial charge in [-0.15, -0.1) is 0 Å². The predicted molar refractivity (Wildman–Crippen MR) is 127 cm³/mol. The number of benzene rings is 2. The van der Waals surface area contributed by atoms with Crippen molar-refractivity contribution in [3.63, 3.8) is 0 Å². The Hall–Kier alpha value is -2.97. The largest absolute Gasteiger partial charge is 0.495 e. The number of carbonyl (C=O) groups excluding carboxylic acids is 1. The van der Waals surface area contributed by atoms with Gasteiger partial charge in [0.1, 0.15) is 29.4 Å². The molecule has 33 heavy (non-hydrogen) atoms. The number of rotatable bonds is 4. The van der Waals surface area contributed by atoms with E-state index in [0.29, 0.717) is 35.2 Å². The Balaban J connectivity index is 1.79. The minimum Gasteiger partial charge on any atom is -0.495 e. The zero-order valence-corrected chi connectivity index (χ0v) is 19.9. The molecule has 0 bridgehead atoms. The van der Waals surface area contributed by atoms with Crippen molar-refractivity contribution in [1.82, 2.24) is 0 Å². The number of cyclic esters (lactones) is 1. The van der Waals surface area contributed by atoms with E-state index in [2.05, 4.69) is 11.8 Å². The zero-order valence-electron chi connectivity index (χ0n) is 19.9. The van der Waals surface area contributed by atoms with Crippen LogP contribution in [-0.2, 0) is 11.3 Å².